The molecular weight excluding hydrogens is 290 g/mol. The SMILES string of the molecule is CN(C)c1ncccc1CNC(=O)Cn1ncc2ccccc21. The van der Waals surface area contributed by atoms with E-state index >= 15 is 0 Å². The molecule has 0 aliphatic heterocycles. The van der Waals surface area contributed by atoms with Crippen molar-refractivity contribution in [3.63, 3.8) is 0 Å². The van der Waals surface area contributed by atoms with Crippen molar-refractivity contribution in [1.29, 1.82) is 0 Å². The number of rotatable bonds is 5. The molecule has 0 fully saturated rings. The molecule has 23 heavy (non-hydrogen) atoms. The molecule has 1 aromatic carbocycles. The zero-order chi connectivity index (χ0) is 16.2. The number of para-hydroxylation sites is 1. The van der Waals surface area contributed by atoms with Crippen molar-refractivity contribution in [2.45, 2.75) is 13.1 Å². The average molecular weight is 309 g/mol. The molecular formula is C17H19N5O. The normalized spacial score (nSPS) is 10.7. The van der Waals surface area contributed by atoms with E-state index in [0.717, 1.165) is 22.3 Å². The molecule has 1 amide bonds. The van der Waals surface area contributed by atoms with Crippen LogP contribution in [0.5, 0.6) is 0 Å². The smallest absolute Gasteiger partial charge is 0.242 e. The molecule has 118 valence electrons. The Kier molecular flexibility index (Phi) is 4.23. The van der Waals surface area contributed by atoms with Gasteiger partial charge in [0, 0.05) is 37.8 Å². The average Bonchev–Trinajstić information content (AvgIpc) is 2.96. The summed E-state index contributed by atoms with van der Waals surface area (Å²) in [6.07, 6.45) is 3.52. The van der Waals surface area contributed by atoms with E-state index in [1.165, 1.54) is 0 Å². The van der Waals surface area contributed by atoms with Gasteiger partial charge in [0.1, 0.15) is 12.4 Å². The number of anilines is 1. The number of carbonyl (C=O) groups excluding carboxylic acids is 1. The summed E-state index contributed by atoms with van der Waals surface area (Å²) in [4.78, 5) is 18.5. The summed E-state index contributed by atoms with van der Waals surface area (Å²) in [6.45, 7) is 0.643. The lowest BCUT2D eigenvalue weighted by Gasteiger charge is -2.16. The van der Waals surface area contributed by atoms with Gasteiger partial charge in [-0.25, -0.2) is 4.98 Å². The van der Waals surface area contributed by atoms with Crippen molar-refractivity contribution in [3.05, 3.63) is 54.4 Å². The molecule has 0 radical (unpaired) electrons. The van der Waals surface area contributed by atoms with Crippen LogP contribution in [-0.2, 0) is 17.9 Å². The zero-order valence-corrected chi connectivity index (χ0v) is 13.2. The first-order valence-electron chi connectivity index (χ1n) is 7.43. The Labute approximate surface area is 134 Å². The van der Waals surface area contributed by atoms with Crippen LogP contribution in [0.2, 0.25) is 0 Å². The van der Waals surface area contributed by atoms with Gasteiger partial charge in [-0.3, -0.25) is 9.48 Å². The molecule has 6 nitrogen and oxygen atoms in total. The van der Waals surface area contributed by atoms with Crippen molar-refractivity contribution < 1.29 is 4.79 Å². The molecule has 2 aromatic heterocycles. The third kappa shape index (κ3) is 3.31. The third-order valence-electron chi connectivity index (χ3n) is 3.61. The summed E-state index contributed by atoms with van der Waals surface area (Å²) >= 11 is 0. The Morgan fingerprint density at radius 1 is 1.22 bits per heavy atom. The fraction of sp³-hybridized carbons (Fsp3) is 0.235. The van der Waals surface area contributed by atoms with Crippen molar-refractivity contribution in [3.8, 4) is 0 Å². The Bertz CT molecular complexity index is 824. The largest absolute Gasteiger partial charge is 0.362 e. The molecule has 3 aromatic rings. The molecule has 0 atom stereocenters. The molecule has 0 bridgehead atoms. The van der Waals surface area contributed by atoms with Crippen LogP contribution in [0.25, 0.3) is 10.9 Å². The van der Waals surface area contributed by atoms with E-state index in [1.54, 1.807) is 17.1 Å². The number of nitrogens with one attached hydrogen (secondary N) is 1. The predicted molar refractivity (Wildman–Crippen MR) is 90.1 cm³/mol. The fourth-order valence-electron chi connectivity index (χ4n) is 2.51. The lowest BCUT2D eigenvalue weighted by molar-refractivity contribution is -0.121. The Morgan fingerprint density at radius 2 is 2.04 bits per heavy atom. The van der Waals surface area contributed by atoms with Gasteiger partial charge in [0.2, 0.25) is 5.91 Å². The summed E-state index contributed by atoms with van der Waals surface area (Å²) < 4.78 is 1.71. The van der Waals surface area contributed by atoms with E-state index in [-0.39, 0.29) is 12.5 Å². The summed E-state index contributed by atoms with van der Waals surface area (Å²) in [6, 6.07) is 11.7. The third-order valence-corrected chi connectivity index (χ3v) is 3.61. The first-order chi connectivity index (χ1) is 11.1. The van der Waals surface area contributed by atoms with E-state index in [0.29, 0.717) is 6.54 Å². The van der Waals surface area contributed by atoms with Crippen LogP contribution in [0.1, 0.15) is 5.56 Å². The predicted octanol–water partition coefficient (Wildman–Crippen LogP) is 1.81. The minimum absolute atomic E-state index is 0.0765. The van der Waals surface area contributed by atoms with E-state index in [9.17, 15) is 4.79 Å². The minimum atomic E-state index is -0.0765. The highest BCUT2D eigenvalue weighted by molar-refractivity contribution is 5.82. The van der Waals surface area contributed by atoms with E-state index in [1.807, 2.05) is 55.4 Å². The molecule has 6 heteroatoms. The van der Waals surface area contributed by atoms with Crippen LogP contribution in [0.15, 0.2) is 48.8 Å². The highest BCUT2D eigenvalue weighted by Crippen LogP contribution is 2.14. The lowest BCUT2D eigenvalue weighted by atomic mass is 10.2. The molecule has 0 saturated heterocycles. The number of pyridine rings is 1. The van der Waals surface area contributed by atoms with E-state index < -0.39 is 0 Å². The van der Waals surface area contributed by atoms with Crippen molar-refractivity contribution in [2.75, 3.05) is 19.0 Å². The maximum atomic E-state index is 12.2. The van der Waals surface area contributed by atoms with Gasteiger partial charge in [-0.05, 0) is 12.1 Å². The number of fused-ring (bicyclic) bond motifs is 1. The van der Waals surface area contributed by atoms with Crippen molar-refractivity contribution >= 4 is 22.6 Å². The number of aromatic nitrogens is 3. The molecule has 2 heterocycles. The Morgan fingerprint density at radius 3 is 2.87 bits per heavy atom. The van der Waals surface area contributed by atoms with Crippen LogP contribution in [-0.4, -0.2) is 34.8 Å². The first-order valence-corrected chi connectivity index (χ1v) is 7.43. The van der Waals surface area contributed by atoms with E-state index in [2.05, 4.69) is 15.4 Å². The number of hydrogen-bond acceptors (Lipinski definition) is 4. The highest BCUT2D eigenvalue weighted by atomic mass is 16.2. The van der Waals surface area contributed by atoms with Gasteiger partial charge in [-0.15, -0.1) is 0 Å². The van der Waals surface area contributed by atoms with Crippen LogP contribution in [0.4, 0.5) is 5.82 Å². The molecule has 0 saturated carbocycles. The maximum absolute atomic E-state index is 12.2. The Hall–Kier alpha value is -2.89. The van der Waals surface area contributed by atoms with Gasteiger partial charge < -0.3 is 10.2 Å². The van der Waals surface area contributed by atoms with Crippen LogP contribution < -0.4 is 10.2 Å². The quantitative estimate of drug-likeness (QED) is 0.781. The molecule has 0 unspecified atom stereocenters. The topological polar surface area (TPSA) is 63.1 Å². The number of carbonyl (C=O) groups is 1. The van der Waals surface area contributed by atoms with Crippen molar-refractivity contribution in [2.24, 2.45) is 0 Å². The van der Waals surface area contributed by atoms with Gasteiger partial charge in [0.15, 0.2) is 0 Å². The van der Waals surface area contributed by atoms with E-state index in [4.69, 9.17) is 0 Å². The number of benzene rings is 1. The molecule has 0 aliphatic carbocycles. The lowest BCUT2D eigenvalue weighted by Crippen LogP contribution is -2.28. The van der Waals surface area contributed by atoms with Crippen LogP contribution >= 0.6 is 0 Å². The molecule has 0 spiro atoms. The zero-order valence-electron chi connectivity index (χ0n) is 13.2. The maximum Gasteiger partial charge on any atom is 0.242 e. The minimum Gasteiger partial charge on any atom is -0.362 e. The second-order valence-electron chi connectivity index (χ2n) is 5.52. The number of hydrogen-bond donors (Lipinski definition) is 1. The van der Waals surface area contributed by atoms with Crippen LogP contribution in [0.3, 0.4) is 0 Å². The van der Waals surface area contributed by atoms with Gasteiger partial charge in [-0.1, -0.05) is 24.3 Å². The standard InChI is InChI=1S/C17H19N5O/c1-21(2)17-14(7-5-9-18-17)10-19-16(23)12-22-15-8-4-3-6-13(15)11-20-22/h3-9,11H,10,12H2,1-2H3,(H,19,23). The highest BCUT2D eigenvalue weighted by Gasteiger charge is 2.09. The van der Waals surface area contributed by atoms with Gasteiger partial charge >= 0.3 is 0 Å². The van der Waals surface area contributed by atoms with Gasteiger partial charge in [0.25, 0.3) is 0 Å². The molecule has 3 rings (SSSR count). The van der Waals surface area contributed by atoms with Crippen molar-refractivity contribution in [1.82, 2.24) is 20.1 Å². The monoisotopic (exact) mass is 309 g/mol. The second kappa shape index (κ2) is 6.48. The van der Waals surface area contributed by atoms with Gasteiger partial charge in [0.05, 0.1) is 11.7 Å². The van der Waals surface area contributed by atoms with Crippen LogP contribution in [0, 0.1) is 0 Å². The Balaban J connectivity index is 1.66. The molecule has 1 N–H and O–H groups in total. The summed E-state index contributed by atoms with van der Waals surface area (Å²) in [7, 11) is 3.87. The summed E-state index contributed by atoms with van der Waals surface area (Å²) in [5, 5.41) is 8.23. The summed E-state index contributed by atoms with van der Waals surface area (Å²) in [5.74, 6) is 0.782. The first kappa shape index (κ1) is 15.0. The van der Waals surface area contributed by atoms with Gasteiger partial charge in [-0.2, -0.15) is 5.10 Å². The molecule has 0 aliphatic rings. The second-order valence-corrected chi connectivity index (χ2v) is 5.52. The number of nitrogens with zero attached hydrogens (tertiary/aromatic N) is 4. The summed E-state index contributed by atoms with van der Waals surface area (Å²) in [5.41, 5.74) is 1.94. The number of amides is 1. The fourth-order valence-corrected chi connectivity index (χ4v) is 2.51.